The number of aliphatic hydroxyl groups excluding tert-OH is 1. The predicted octanol–water partition coefficient (Wildman–Crippen LogP) is 3.83. The Labute approximate surface area is 201 Å². The normalized spacial score (nSPS) is 21.3. The van der Waals surface area contributed by atoms with Crippen molar-refractivity contribution in [3.63, 3.8) is 0 Å². The molecule has 0 spiro atoms. The smallest absolute Gasteiger partial charge is 0.273 e. The van der Waals surface area contributed by atoms with Crippen LogP contribution in [0, 0.1) is 0 Å². The Morgan fingerprint density at radius 3 is 2.62 bits per heavy atom. The van der Waals surface area contributed by atoms with Crippen LogP contribution < -0.4 is 10.2 Å². The topological polar surface area (TPSA) is 90.8 Å². The number of benzene rings is 1. The number of aliphatic hydroxyl groups is 1. The number of hydrogen-bond donors (Lipinski definition) is 2. The van der Waals surface area contributed by atoms with Gasteiger partial charge in [0.25, 0.3) is 5.91 Å². The van der Waals surface area contributed by atoms with Gasteiger partial charge in [-0.2, -0.15) is 4.98 Å². The number of carbonyl (C=O) groups is 1. The summed E-state index contributed by atoms with van der Waals surface area (Å²) in [5.41, 5.74) is 3.62. The minimum absolute atomic E-state index is 0.0576. The lowest BCUT2D eigenvalue weighted by Gasteiger charge is -2.34. The van der Waals surface area contributed by atoms with Gasteiger partial charge >= 0.3 is 0 Å². The number of hydrogen-bond acceptors (Lipinski definition) is 7. The molecule has 2 aliphatic heterocycles. The summed E-state index contributed by atoms with van der Waals surface area (Å²) in [5, 5.41) is 13.3. The van der Waals surface area contributed by atoms with Crippen LogP contribution in [0.3, 0.4) is 0 Å². The highest BCUT2D eigenvalue weighted by atomic mass is 16.5. The summed E-state index contributed by atoms with van der Waals surface area (Å²) in [6.45, 7) is 5.97. The van der Waals surface area contributed by atoms with E-state index in [9.17, 15) is 9.90 Å². The van der Waals surface area contributed by atoms with E-state index in [-0.39, 0.29) is 24.6 Å². The zero-order chi connectivity index (χ0) is 23.7. The van der Waals surface area contributed by atoms with Crippen molar-refractivity contribution in [2.24, 2.45) is 0 Å². The van der Waals surface area contributed by atoms with Crippen LogP contribution in [0.2, 0.25) is 0 Å². The fraction of sp³-hybridized carbons (Fsp3) is 0.577. The highest BCUT2D eigenvalue weighted by Gasteiger charge is 2.36. The van der Waals surface area contributed by atoms with Gasteiger partial charge < -0.3 is 25.0 Å². The third-order valence-corrected chi connectivity index (χ3v) is 7.36. The summed E-state index contributed by atoms with van der Waals surface area (Å²) in [7, 11) is 0. The first-order valence-corrected chi connectivity index (χ1v) is 12.6. The van der Waals surface area contributed by atoms with Crippen LogP contribution in [0.5, 0.6) is 0 Å². The molecule has 34 heavy (non-hydrogen) atoms. The van der Waals surface area contributed by atoms with Crippen molar-refractivity contribution in [2.75, 3.05) is 36.6 Å². The van der Waals surface area contributed by atoms with Gasteiger partial charge in [0.05, 0.1) is 32.4 Å². The maximum Gasteiger partial charge on any atom is 0.273 e. The lowest BCUT2D eigenvalue weighted by atomic mass is 9.84. The molecule has 1 atom stereocenters. The molecule has 1 aromatic heterocycles. The number of carbonyl (C=O) groups excluding carboxylic acids is 1. The van der Waals surface area contributed by atoms with E-state index in [2.05, 4.69) is 34.6 Å². The van der Waals surface area contributed by atoms with Crippen molar-refractivity contribution >= 4 is 23.4 Å². The van der Waals surface area contributed by atoms with Gasteiger partial charge in [0.15, 0.2) is 0 Å². The minimum atomic E-state index is -0.230. The van der Waals surface area contributed by atoms with E-state index in [4.69, 9.17) is 9.72 Å². The Balaban J connectivity index is 1.46. The van der Waals surface area contributed by atoms with Gasteiger partial charge in [0, 0.05) is 23.8 Å². The second-order valence-corrected chi connectivity index (χ2v) is 9.91. The number of amides is 1. The van der Waals surface area contributed by atoms with Crippen molar-refractivity contribution in [2.45, 2.75) is 70.5 Å². The second-order valence-electron chi connectivity index (χ2n) is 9.91. The maximum atomic E-state index is 13.2. The Morgan fingerprint density at radius 2 is 1.91 bits per heavy atom. The molecule has 3 heterocycles. The number of anilines is 3. The summed E-state index contributed by atoms with van der Waals surface area (Å²) >= 11 is 0. The fourth-order valence-electron chi connectivity index (χ4n) is 5.31. The van der Waals surface area contributed by atoms with E-state index in [0.29, 0.717) is 49.7 Å². The van der Waals surface area contributed by atoms with Crippen LogP contribution in [0.1, 0.15) is 73.5 Å². The Hall–Kier alpha value is -2.71. The molecule has 2 aromatic rings. The van der Waals surface area contributed by atoms with Crippen LogP contribution in [0.25, 0.3) is 0 Å². The molecule has 1 unspecified atom stereocenters. The van der Waals surface area contributed by atoms with Crippen molar-refractivity contribution in [1.29, 1.82) is 0 Å². The third-order valence-electron chi connectivity index (χ3n) is 7.36. The first-order valence-electron chi connectivity index (χ1n) is 12.6. The average molecular weight is 466 g/mol. The molecule has 1 amide bonds. The number of rotatable bonds is 6. The van der Waals surface area contributed by atoms with Crippen LogP contribution >= 0.6 is 0 Å². The second kappa shape index (κ2) is 9.88. The van der Waals surface area contributed by atoms with E-state index in [1.54, 1.807) is 0 Å². The molecule has 8 heteroatoms. The number of nitrogens with zero attached hydrogens (tertiary/aromatic N) is 4. The van der Waals surface area contributed by atoms with E-state index >= 15 is 0 Å². The van der Waals surface area contributed by atoms with Crippen molar-refractivity contribution in [3.05, 3.63) is 41.1 Å². The van der Waals surface area contributed by atoms with Gasteiger partial charge in [-0.15, -0.1) is 0 Å². The Morgan fingerprint density at radius 1 is 1.15 bits per heavy atom. The SMILES string of the molecule is CC(C)N1Cc2c(Nc3ccc(C4CCCCC4)cc3)nc(N3CCOCC3CO)nc2C1=O. The molecule has 1 saturated heterocycles. The van der Waals surface area contributed by atoms with Gasteiger partial charge in [0.1, 0.15) is 11.5 Å². The van der Waals surface area contributed by atoms with Gasteiger partial charge in [-0.1, -0.05) is 31.4 Å². The zero-order valence-corrected chi connectivity index (χ0v) is 20.2. The van der Waals surface area contributed by atoms with Crippen LogP contribution in [-0.2, 0) is 11.3 Å². The predicted molar refractivity (Wildman–Crippen MR) is 132 cm³/mol. The van der Waals surface area contributed by atoms with Gasteiger partial charge in [-0.3, -0.25) is 4.79 Å². The van der Waals surface area contributed by atoms with Crippen molar-refractivity contribution < 1.29 is 14.6 Å². The van der Waals surface area contributed by atoms with Crippen LogP contribution in [-0.4, -0.2) is 64.3 Å². The molecule has 0 bridgehead atoms. The molecular weight excluding hydrogens is 430 g/mol. The van der Waals surface area contributed by atoms with E-state index in [1.165, 1.54) is 37.7 Å². The monoisotopic (exact) mass is 465 g/mol. The Kier molecular flexibility index (Phi) is 6.70. The van der Waals surface area contributed by atoms with Gasteiger partial charge in [0.2, 0.25) is 5.95 Å². The average Bonchev–Trinajstić information content (AvgIpc) is 3.22. The van der Waals surface area contributed by atoms with Crippen molar-refractivity contribution in [1.82, 2.24) is 14.9 Å². The third kappa shape index (κ3) is 4.49. The van der Waals surface area contributed by atoms with Crippen molar-refractivity contribution in [3.8, 4) is 0 Å². The summed E-state index contributed by atoms with van der Waals surface area (Å²) in [6, 6.07) is 8.50. The molecule has 182 valence electrons. The highest BCUT2D eigenvalue weighted by Crippen LogP contribution is 2.35. The number of aromatic nitrogens is 2. The molecule has 1 aromatic carbocycles. The molecule has 8 nitrogen and oxygen atoms in total. The number of ether oxygens (including phenoxy) is 1. The largest absolute Gasteiger partial charge is 0.394 e. The maximum absolute atomic E-state index is 13.2. The standard InChI is InChI=1S/C26H35N5O3/c1-17(2)31-14-22-23(25(31)33)28-26(30-12-13-34-16-21(30)15-32)29-24(22)27-20-10-8-19(9-11-20)18-6-4-3-5-7-18/h8-11,17-18,21,32H,3-7,12-16H2,1-2H3,(H,27,28,29). The summed E-state index contributed by atoms with van der Waals surface area (Å²) in [5.74, 6) is 1.70. The quantitative estimate of drug-likeness (QED) is 0.670. The number of morpholine rings is 1. The Bertz CT molecular complexity index is 1020. The molecule has 3 aliphatic rings. The number of fused-ring (bicyclic) bond motifs is 1. The molecule has 1 aliphatic carbocycles. The molecule has 0 radical (unpaired) electrons. The highest BCUT2D eigenvalue weighted by molar-refractivity contribution is 5.98. The lowest BCUT2D eigenvalue weighted by molar-refractivity contribution is 0.0714. The van der Waals surface area contributed by atoms with E-state index in [0.717, 1.165) is 11.3 Å². The molecule has 5 rings (SSSR count). The molecule has 2 N–H and O–H groups in total. The molecule has 2 fully saturated rings. The zero-order valence-electron chi connectivity index (χ0n) is 20.2. The number of nitrogens with one attached hydrogen (secondary N) is 1. The van der Waals surface area contributed by atoms with Crippen LogP contribution in [0.15, 0.2) is 24.3 Å². The summed E-state index contributed by atoms with van der Waals surface area (Å²) in [4.78, 5) is 26.5. The molecule has 1 saturated carbocycles. The van der Waals surface area contributed by atoms with E-state index < -0.39 is 0 Å². The van der Waals surface area contributed by atoms with Gasteiger partial charge in [-0.05, 0) is 50.3 Å². The summed E-state index contributed by atoms with van der Waals surface area (Å²) in [6.07, 6.45) is 6.53. The lowest BCUT2D eigenvalue weighted by Crippen LogP contribution is -2.48. The van der Waals surface area contributed by atoms with E-state index in [1.807, 2.05) is 23.6 Å². The van der Waals surface area contributed by atoms with Gasteiger partial charge in [-0.25, -0.2) is 4.98 Å². The fourth-order valence-corrected chi connectivity index (χ4v) is 5.31. The van der Waals surface area contributed by atoms with Crippen LogP contribution in [0.4, 0.5) is 17.5 Å². The minimum Gasteiger partial charge on any atom is -0.394 e. The molecular formula is C26H35N5O3. The first kappa shape index (κ1) is 23.1. The summed E-state index contributed by atoms with van der Waals surface area (Å²) < 4.78 is 5.53. The first-order chi connectivity index (χ1) is 16.5.